The minimum absolute atomic E-state index is 0.0119. The second-order valence-corrected chi connectivity index (χ2v) is 9.03. The summed E-state index contributed by atoms with van der Waals surface area (Å²) in [4.78, 5) is 13.9. The Balaban J connectivity index is 1.61. The lowest BCUT2D eigenvalue weighted by molar-refractivity contribution is -0.149. The van der Waals surface area contributed by atoms with Gasteiger partial charge in [0.15, 0.2) is 0 Å². The SMILES string of the molecule is CC(C)CN1CC(CNS(=O)(=O)c2ccc3c(c2)CCC3)OCC1=O. The molecule has 1 saturated heterocycles. The number of hydrogen-bond acceptors (Lipinski definition) is 4. The summed E-state index contributed by atoms with van der Waals surface area (Å²) >= 11 is 0. The average molecular weight is 366 g/mol. The van der Waals surface area contributed by atoms with Crippen LogP contribution < -0.4 is 4.72 Å². The lowest BCUT2D eigenvalue weighted by atomic mass is 10.1. The number of carbonyl (C=O) groups excluding carboxylic acids is 1. The molecular formula is C18H26N2O4S. The maximum atomic E-state index is 12.6. The molecule has 1 aromatic carbocycles. The van der Waals surface area contributed by atoms with E-state index in [2.05, 4.69) is 4.72 Å². The molecule has 1 aliphatic heterocycles. The van der Waals surface area contributed by atoms with E-state index in [9.17, 15) is 13.2 Å². The normalized spacial score (nSPS) is 21.0. The Morgan fingerprint density at radius 1 is 1.28 bits per heavy atom. The molecule has 25 heavy (non-hydrogen) atoms. The van der Waals surface area contributed by atoms with Gasteiger partial charge in [0.05, 0.1) is 11.0 Å². The molecule has 0 radical (unpaired) electrons. The van der Waals surface area contributed by atoms with E-state index in [4.69, 9.17) is 4.74 Å². The Labute approximate surface area is 149 Å². The van der Waals surface area contributed by atoms with Crippen molar-refractivity contribution in [2.24, 2.45) is 5.92 Å². The van der Waals surface area contributed by atoms with Gasteiger partial charge in [-0.15, -0.1) is 0 Å². The fraction of sp³-hybridized carbons (Fsp3) is 0.611. The molecule has 1 fully saturated rings. The third-order valence-electron chi connectivity index (χ3n) is 4.69. The zero-order valence-corrected chi connectivity index (χ0v) is 15.6. The van der Waals surface area contributed by atoms with Gasteiger partial charge < -0.3 is 9.64 Å². The van der Waals surface area contributed by atoms with Gasteiger partial charge in [0.1, 0.15) is 6.61 Å². The number of benzene rings is 1. The molecule has 1 aromatic rings. The van der Waals surface area contributed by atoms with Crippen LogP contribution in [0.2, 0.25) is 0 Å². The number of carbonyl (C=O) groups is 1. The number of aryl methyl sites for hydroxylation is 2. The molecular weight excluding hydrogens is 340 g/mol. The third-order valence-corrected chi connectivity index (χ3v) is 6.11. The molecule has 1 N–H and O–H groups in total. The summed E-state index contributed by atoms with van der Waals surface area (Å²) in [6.07, 6.45) is 2.73. The van der Waals surface area contributed by atoms with Crippen LogP contribution in [0.25, 0.3) is 0 Å². The molecule has 1 heterocycles. The van der Waals surface area contributed by atoms with Crippen LogP contribution in [-0.4, -0.2) is 51.6 Å². The van der Waals surface area contributed by atoms with Crippen LogP contribution >= 0.6 is 0 Å². The summed E-state index contributed by atoms with van der Waals surface area (Å²) in [5.74, 6) is 0.331. The van der Waals surface area contributed by atoms with Crippen molar-refractivity contribution >= 4 is 15.9 Å². The van der Waals surface area contributed by atoms with Crippen LogP contribution in [-0.2, 0) is 32.4 Å². The number of sulfonamides is 1. The number of amides is 1. The lowest BCUT2D eigenvalue weighted by Gasteiger charge is -2.33. The number of rotatable bonds is 6. The summed E-state index contributed by atoms with van der Waals surface area (Å²) < 4.78 is 33.2. The summed E-state index contributed by atoms with van der Waals surface area (Å²) in [5.41, 5.74) is 2.38. The van der Waals surface area contributed by atoms with Gasteiger partial charge in [-0.2, -0.15) is 0 Å². The first-order valence-corrected chi connectivity index (χ1v) is 10.3. The molecule has 2 aliphatic rings. The van der Waals surface area contributed by atoms with Crippen molar-refractivity contribution in [3.8, 4) is 0 Å². The van der Waals surface area contributed by atoms with Crippen molar-refractivity contribution in [3.63, 3.8) is 0 Å². The monoisotopic (exact) mass is 366 g/mol. The Bertz CT molecular complexity index is 745. The highest BCUT2D eigenvalue weighted by Gasteiger charge is 2.28. The molecule has 0 spiro atoms. The molecule has 0 aromatic heterocycles. The highest BCUT2D eigenvalue weighted by Crippen LogP contribution is 2.24. The largest absolute Gasteiger partial charge is 0.365 e. The topological polar surface area (TPSA) is 75.7 Å². The number of fused-ring (bicyclic) bond motifs is 1. The summed E-state index contributed by atoms with van der Waals surface area (Å²) in [6, 6.07) is 5.36. The zero-order chi connectivity index (χ0) is 18.0. The van der Waals surface area contributed by atoms with Gasteiger partial charge in [-0.1, -0.05) is 19.9 Å². The minimum Gasteiger partial charge on any atom is -0.365 e. The zero-order valence-electron chi connectivity index (χ0n) is 14.8. The van der Waals surface area contributed by atoms with Gasteiger partial charge in [0.25, 0.3) is 0 Å². The maximum absolute atomic E-state index is 12.6. The van der Waals surface area contributed by atoms with Gasteiger partial charge >= 0.3 is 0 Å². The van der Waals surface area contributed by atoms with Crippen LogP contribution in [0.3, 0.4) is 0 Å². The third kappa shape index (κ3) is 4.40. The van der Waals surface area contributed by atoms with Crippen molar-refractivity contribution in [2.75, 3.05) is 26.2 Å². The maximum Gasteiger partial charge on any atom is 0.248 e. The second-order valence-electron chi connectivity index (χ2n) is 7.26. The first-order valence-electron chi connectivity index (χ1n) is 8.86. The van der Waals surface area contributed by atoms with E-state index in [1.54, 1.807) is 17.0 Å². The fourth-order valence-electron chi connectivity index (χ4n) is 3.42. The van der Waals surface area contributed by atoms with Gasteiger partial charge in [0, 0.05) is 19.6 Å². The number of nitrogens with one attached hydrogen (secondary N) is 1. The van der Waals surface area contributed by atoms with E-state index < -0.39 is 10.0 Å². The van der Waals surface area contributed by atoms with Gasteiger partial charge in [0.2, 0.25) is 15.9 Å². The lowest BCUT2D eigenvalue weighted by Crippen LogP contribution is -2.51. The highest BCUT2D eigenvalue weighted by molar-refractivity contribution is 7.89. The highest BCUT2D eigenvalue weighted by atomic mass is 32.2. The van der Waals surface area contributed by atoms with Crippen LogP contribution in [0, 0.1) is 5.92 Å². The van der Waals surface area contributed by atoms with E-state index >= 15 is 0 Å². The second kappa shape index (κ2) is 7.43. The quantitative estimate of drug-likeness (QED) is 0.824. The fourth-order valence-corrected chi connectivity index (χ4v) is 4.54. The van der Waals surface area contributed by atoms with Crippen LogP contribution in [0.15, 0.2) is 23.1 Å². The van der Waals surface area contributed by atoms with Gasteiger partial charge in [-0.3, -0.25) is 4.79 Å². The first-order chi connectivity index (χ1) is 11.8. The van der Waals surface area contributed by atoms with Crippen molar-refractivity contribution in [2.45, 2.75) is 44.1 Å². The predicted octanol–water partition coefficient (Wildman–Crippen LogP) is 1.34. The van der Waals surface area contributed by atoms with Gasteiger partial charge in [-0.25, -0.2) is 13.1 Å². The molecule has 6 nitrogen and oxygen atoms in total. The van der Waals surface area contributed by atoms with Gasteiger partial charge in [-0.05, 0) is 48.4 Å². The van der Waals surface area contributed by atoms with E-state index in [0.717, 1.165) is 24.8 Å². The molecule has 7 heteroatoms. The van der Waals surface area contributed by atoms with Crippen LogP contribution in [0.1, 0.15) is 31.4 Å². The summed E-state index contributed by atoms with van der Waals surface area (Å²) in [5, 5.41) is 0. The number of nitrogens with zero attached hydrogens (tertiary/aromatic N) is 1. The average Bonchev–Trinajstić information content (AvgIpc) is 3.03. The van der Waals surface area contributed by atoms with E-state index in [1.165, 1.54) is 5.56 Å². The number of ether oxygens (including phenoxy) is 1. The van der Waals surface area contributed by atoms with Crippen LogP contribution in [0.4, 0.5) is 0 Å². The smallest absolute Gasteiger partial charge is 0.248 e. The van der Waals surface area contributed by atoms with Crippen molar-refractivity contribution in [1.29, 1.82) is 0 Å². The number of morpholine rings is 1. The molecule has 3 rings (SSSR count). The molecule has 138 valence electrons. The molecule has 1 aliphatic carbocycles. The Morgan fingerprint density at radius 2 is 2.04 bits per heavy atom. The molecule has 0 bridgehead atoms. The van der Waals surface area contributed by atoms with E-state index in [1.807, 2.05) is 19.9 Å². The standard InChI is InChI=1S/C18H26N2O4S/c1-13(2)10-20-11-16(24-12-18(20)21)9-19-25(22,23)17-7-6-14-4-3-5-15(14)8-17/h6-8,13,16,19H,3-5,9-12H2,1-2H3. The predicted molar refractivity (Wildman–Crippen MR) is 94.8 cm³/mol. The van der Waals surface area contributed by atoms with Crippen LogP contribution in [0.5, 0.6) is 0 Å². The van der Waals surface area contributed by atoms with E-state index in [0.29, 0.717) is 23.9 Å². The molecule has 0 saturated carbocycles. The minimum atomic E-state index is -3.57. The molecule has 1 amide bonds. The van der Waals surface area contributed by atoms with Crippen molar-refractivity contribution in [3.05, 3.63) is 29.3 Å². The summed E-state index contributed by atoms with van der Waals surface area (Å²) in [6.45, 7) is 5.36. The van der Waals surface area contributed by atoms with Crippen molar-refractivity contribution in [1.82, 2.24) is 9.62 Å². The van der Waals surface area contributed by atoms with E-state index in [-0.39, 0.29) is 25.2 Å². The Morgan fingerprint density at radius 3 is 2.80 bits per heavy atom. The number of hydrogen-bond donors (Lipinski definition) is 1. The summed E-state index contributed by atoms with van der Waals surface area (Å²) in [7, 11) is -3.57. The first kappa shape index (κ1) is 18.4. The van der Waals surface area contributed by atoms with Crippen molar-refractivity contribution < 1.29 is 17.9 Å². The Hall–Kier alpha value is -1.44. The molecule has 1 unspecified atom stereocenters. The molecule has 1 atom stereocenters. The Kier molecular flexibility index (Phi) is 5.46.